The summed E-state index contributed by atoms with van der Waals surface area (Å²) in [5, 5.41) is 20.1. The van der Waals surface area contributed by atoms with Crippen molar-refractivity contribution in [2.75, 3.05) is 6.54 Å². The van der Waals surface area contributed by atoms with Crippen LogP contribution in [0.15, 0.2) is 18.2 Å². The Kier molecular flexibility index (Phi) is 3.01. The number of nitro groups is 1. The highest BCUT2D eigenvalue weighted by molar-refractivity contribution is 5.39. The Hall–Kier alpha value is -1.53. The second-order valence-electron chi connectivity index (χ2n) is 3.37. The van der Waals surface area contributed by atoms with Crippen LogP contribution >= 0.6 is 0 Å². The van der Waals surface area contributed by atoms with Crippen LogP contribution in [0.2, 0.25) is 0 Å². The van der Waals surface area contributed by atoms with Gasteiger partial charge in [0.25, 0.3) is 0 Å². The lowest BCUT2D eigenvalue weighted by Gasteiger charge is -2.21. The van der Waals surface area contributed by atoms with Crippen LogP contribution in [-0.4, -0.2) is 16.6 Å². The van der Waals surface area contributed by atoms with Crippen molar-refractivity contribution in [3.63, 3.8) is 0 Å². The van der Waals surface area contributed by atoms with Gasteiger partial charge in [-0.25, -0.2) is 0 Å². The first-order chi connectivity index (χ1) is 6.90. The molecule has 0 aliphatic rings. The van der Waals surface area contributed by atoms with Crippen molar-refractivity contribution in [2.45, 2.75) is 12.5 Å². The Labute approximate surface area is 85.5 Å². The van der Waals surface area contributed by atoms with Crippen molar-refractivity contribution >= 4 is 5.69 Å². The normalized spacial score (nSPS) is 14.7. The van der Waals surface area contributed by atoms with Gasteiger partial charge < -0.3 is 10.8 Å². The molecule has 1 aromatic rings. The van der Waals surface area contributed by atoms with Gasteiger partial charge in [0.15, 0.2) is 0 Å². The molecule has 0 aliphatic heterocycles. The van der Waals surface area contributed by atoms with E-state index in [0.717, 1.165) is 6.07 Å². The maximum atomic E-state index is 13.5. The van der Waals surface area contributed by atoms with Gasteiger partial charge in [0.2, 0.25) is 5.82 Å². The predicted molar refractivity (Wildman–Crippen MR) is 51.7 cm³/mol. The highest BCUT2D eigenvalue weighted by atomic mass is 19.1. The van der Waals surface area contributed by atoms with E-state index in [-0.39, 0.29) is 12.1 Å². The van der Waals surface area contributed by atoms with E-state index in [1.807, 2.05) is 0 Å². The first kappa shape index (κ1) is 11.5. The molecule has 0 aromatic heterocycles. The second-order valence-corrected chi connectivity index (χ2v) is 3.37. The van der Waals surface area contributed by atoms with Gasteiger partial charge in [-0.15, -0.1) is 0 Å². The van der Waals surface area contributed by atoms with E-state index in [2.05, 4.69) is 0 Å². The molecule has 15 heavy (non-hydrogen) atoms. The molecule has 0 amide bonds. The summed E-state index contributed by atoms with van der Waals surface area (Å²) in [4.78, 5) is 9.60. The van der Waals surface area contributed by atoms with Gasteiger partial charge in [-0.05, 0) is 6.92 Å². The van der Waals surface area contributed by atoms with Crippen molar-refractivity contribution in [1.29, 1.82) is 0 Å². The summed E-state index contributed by atoms with van der Waals surface area (Å²) in [5.41, 5.74) is 2.81. The molecule has 0 spiro atoms. The van der Waals surface area contributed by atoms with E-state index in [9.17, 15) is 19.6 Å². The molecule has 0 radical (unpaired) electrons. The summed E-state index contributed by atoms with van der Waals surface area (Å²) in [6, 6.07) is 3.61. The molecule has 1 rings (SSSR count). The summed E-state index contributed by atoms with van der Waals surface area (Å²) in [6.45, 7) is 1.08. The molecule has 1 unspecified atom stereocenters. The van der Waals surface area contributed by atoms with Gasteiger partial charge in [-0.3, -0.25) is 10.1 Å². The largest absolute Gasteiger partial charge is 0.384 e. The first-order valence-corrected chi connectivity index (χ1v) is 4.26. The number of nitrogens with zero attached hydrogens (tertiary/aromatic N) is 1. The van der Waals surface area contributed by atoms with E-state index in [1.54, 1.807) is 0 Å². The molecular weight excluding hydrogens is 203 g/mol. The monoisotopic (exact) mass is 214 g/mol. The SMILES string of the molecule is CC(O)(CN)c1cccc([N+](=O)[O-])c1F. The Balaban J connectivity index is 3.33. The minimum Gasteiger partial charge on any atom is -0.384 e. The van der Waals surface area contributed by atoms with Crippen molar-refractivity contribution in [2.24, 2.45) is 5.73 Å². The summed E-state index contributed by atoms with van der Waals surface area (Å²) in [5.74, 6) is -1.04. The van der Waals surface area contributed by atoms with Crippen LogP contribution in [0.5, 0.6) is 0 Å². The molecule has 6 heteroatoms. The maximum Gasteiger partial charge on any atom is 0.305 e. The first-order valence-electron chi connectivity index (χ1n) is 4.26. The maximum absolute atomic E-state index is 13.5. The molecular formula is C9H11FN2O3. The number of hydrogen-bond donors (Lipinski definition) is 2. The van der Waals surface area contributed by atoms with Crippen molar-refractivity contribution < 1.29 is 14.4 Å². The summed E-state index contributed by atoms with van der Waals surface area (Å²) in [6.07, 6.45) is 0. The van der Waals surface area contributed by atoms with Crippen molar-refractivity contribution in [3.05, 3.63) is 39.7 Å². The number of benzene rings is 1. The van der Waals surface area contributed by atoms with Crippen LogP contribution in [0.4, 0.5) is 10.1 Å². The molecule has 0 saturated heterocycles. The third-order valence-corrected chi connectivity index (χ3v) is 2.15. The highest BCUT2D eigenvalue weighted by Gasteiger charge is 2.29. The van der Waals surface area contributed by atoms with Gasteiger partial charge in [0.1, 0.15) is 5.60 Å². The second kappa shape index (κ2) is 3.92. The number of rotatable bonds is 3. The fourth-order valence-corrected chi connectivity index (χ4v) is 1.19. The number of nitro benzene ring substituents is 1. The Bertz CT molecular complexity index is 393. The summed E-state index contributed by atoms with van der Waals surface area (Å²) >= 11 is 0. The Morgan fingerprint density at radius 1 is 1.67 bits per heavy atom. The van der Waals surface area contributed by atoms with E-state index < -0.39 is 22.0 Å². The Morgan fingerprint density at radius 2 is 2.27 bits per heavy atom. The molecule has 0 aliphatic carbocycles. The molecule has 1 aromatic carbocycles. The van der Waals surface area contributed by atoms with Gasteiger partial charge in [-0.1, -0.05) is 12.1 Å². The third kappa shape index (κ3) is 2.11. The number of nitrogens with two attached hydrogens (primary N) is 1. The van der Waals surface area contributed by atoms with E-state index >= 15 is 0 Å². The van der Waals surface area contributed by atoms with Crippen LogP contribution in [0, 0.1) is 15.9 Å². The fourth-order valence-electron chi connectivity index (χ4n) is 1.19. The van der Waals surface area contributed by atoms with Crippen LogP contribution in [0.25, 0.3) is 0 Å². The highest BCUT2D eigenvalue weighted by Crippen LogP contribution is 2.28. The molecule has 3 N–H and O–H groups in total. The average Bonchev–Trinajstić information content (AvgIpc) is 2.17. The molecule has 0 bridgehead atoms. The molecule has 5 nitrogen and oxygen atoms in total. The quantitative estimate of drug-likeness (QED) is 0.577. The van der Waals surface area contributed by atoms with E-state index in [0.29, 0.717) is 0 Å². The van der Waals surface area contributed by atoms with Crippen LogP contribution < -0.4 is 5.73 Å². The zero-order chi connectivity index (χ0) is 11.6. The van der Waals surface area contributed by atoms with Crippen LogP contribution in [-0.2, 0) is 5.60 Å². The predicted octanol–water partition coefficient (Wildman–Crippen LogP) is 0.900. The minimum atomic E-state index is -1.60. The van der Waals surface area contributed by atoms with Crippen molar-refractivity contribution in [1.82, 2.24) is 0 Å². The standard InChI is InChI=1S/C9H11FN2O3/c1-9(13,5-11)6-3-2-4-7(8(6)10)12(14)15/h2-4,13H,5,11H2,1H3. The molecule has 0 heterocycles. The van der Waals surface area contributed by atoms with Crippen LogP contribution in [0.1, 0.15) is 12.5 Å². The zero-order valence-electron chi connectivity index (χ0n) is 8.11. The molecule has 82 valence electrons. The van der Waals surface area contributed by atoms with Gasteiger partial charge >= 0.3 is 5.69 Å². The van der Waals surface area contributed by atoms with Crippen molar-refractivity contribution in [3.8, 4) is 0 Å². The topological polar surface area (TPSA) is 89.4 Å². The van der Waals surface area contributed by atoms with Gasteiger partial charge in [0.05, 0.1) is 4.92 Å². The lowest BCUT2D eigenvalue weighted by Crippen LogP contribution is -2.32. The average molecular weight is 214 g/mol. The molecule has 0 saturated carbocycles. The van der Waals surface area contributed by atoms with Gasteiger partial charge in [0, 0.05) is 18.2 Å². The van der Waals surface area contributed by atoms with Gasteiger partial charge in [-0.2, -0.15) is 4.39 Å². The number of halogens is 1. The van der Waals surface area contributed by atoms with E-state index in [1.165, 1.54) is 19.1 Å². The fraction of sp³-hybridized carbons (Fsp3) is 0.333. The zero-order valence-corrected chi connectivity index (χ0v) is 8.11. The smallest absolute Gasteiger partial charge is 0.305 e. The third-order valence-electron chi connectivity index (χ3n) is 2.15. The lowest BCUT2D eigenvalue weighted by atomic mass is 9.95. The minimum absolute atomic E-state index is 0.167. The molecule has 0 fully saturated rings. The molecule has 1 atom stereocenters. The van der Waals surface area contributed by atoms with Crippen LogP contribution in [0.3, 0.4) is 0 Å². The van der Waals surface area contributed by atoms with E-state index in [4.69, 9.17) is 5.73 Å². The Morgan fingerprint density at radius 3 is 2.73 bits per heavy atom. The summed E-state index contributed by atoms with van der Waals surface area (Å²) < 4.78 is 13.5. The summed E-state index contributed by atoms with van der Waals surface area (Å²) in [7, 11) is 0. The lowest BCUT2D eigenvalue weighted by molar-refractivity contribution is -0.387. The number of hydrogen-bond acceptors (Lipinski definition) is 4. The number of aliphatic hydroxyl groups is 1.